The van der Waals surface area contributed by atoms with Crippen LogP contribution in [0.25, 0.3) is 0 Å². The molecule has 0 aliphatic carbocycles. The van der Waals surface area contributed by atoms with Gasteiger partial charge in [-0.05, 0) is 24.6 Å². The molecule has 4 heteroatoms. The lowest BCUT2D eigenvalue weighted by Gasteiger charge is -2.14. The highest BCUT2D eigenvalue weighted by atomic mass is 79.9. The molecule has 90 valence electrons. The van der Waals surface area contributed by atoms with Gasteiger partial charge in [0.15, 0.2) is 0 Å². The lowest BCUT2D eigenvalue weighted by atomic mass is 10.1. The minimum atomic E-state index is -0.540. The van der Waals surface area contributed by atoms with Crippen LogP contribution in [0.1, 0.15) is 30.1 Å². The minimum Gasteiger partial charge on any atom is -0.348 e. The summed E-state index contributed by atoms with van der Waals surface area (Å²) in [6.07, 6.45) is 6.35. The highest BCUT2D eigenvalue weighted by molar-refractivity contribution is 9.10. The molecule has 0 aromatic heterocycles. The molecule has 0 saturated heterocycles. The molecule has 0 spiro atoms. The Labute approximate surface area is 109 Å². The van der Waals surface area contributed by atoms with E-state index in [-0.39, 0.29) is 11.6 Å². The van der Waals surface area contributed by atoms with E-state index in [4.69, 9.17) is 6.42 Å². The lowest BCUT2D eigenvalue weighted by molar-refractivity contribution is 0.0932. The van der Waals surface area contributed by atoms with Crippen molar-refractivity contribution in [2.24, 2.45) is 0 Å². The first-order valence-corrected chi connectivity index (χ1v) is 6.07. The molecule has 1 atom stereocenters. The Hall–Kier alpha value is -1.34. The van der Waals surface area contributed by atoms with Crippen molar-refractivity contribution in [1.29, 1.82) is 0 Å². The molecule has 0 bridgehead atoms. The molecule has 1 unspecified atom stereocenters. The fourth-order valence-corrected chi connectivity index (χ4v) is 1.74. The van der Waals surface area contributed by atoms with Gasteiger partial charge in [0.2, 0.25) is 0 Å². The number of carbonyl (C=O) groups excluding carboxylic acids is 1. The second-order valence-electron chi connectivity index (χ2n) is 3.61. The first-order valence-electron chi connectivity index (χ1n) is 5.27. The lowest BCUT2D eigenvalue weighted by Crippen LogP contribution is -2.34. The van der Waals surface area contributed by atoms with Gasteiger partial charge < -0.3 is 5.32 Å². The molecule has 1 aromatic rings. The monoisotopic (exact) mass is 297 g/mol. The molecule has 0 heterocycles. The van der Waals surface area contributed by atoms with Crippen LogP contribution in [0.15, 0.2) is 22.7 Å². The summed E-state index contributed by atoms with van der Waals surface area (Å²) in [5.41, 5.74) is 0.0230. The van der Waals surface area contributed by atoms with Crippen LogP contribution in [0.5, 0.6) is 0 Å². The van der Waals surface area contributed by atoms with E-state index in [9.17, 15) is 9.18 Å². The highest BCUT2D eigenvalue weighted by Crippen LogP contribution is 2.15. The van der Waals surface area contributed by atoms with Gasteiger partial charge in [-0.3, -0.25) is 4.79 Å². The van der Waals surface area contributed by atoms with Crippen LogP contribution in [0, 0.1) is 18.2 Å². The number of hydrogen-bond acceptors (Lipinski definition) is 1. The van der Waals surface area contributed by atoms with E-state index < -0.39 is 11.7 Å². The fourth-order valence-electron chi connectivity index (χ4n) is 1.37. The normalized spacial score (nSPS) is 11.6. The van der Waals surface area contributed by atoms with Crippen LogP contribution in [0.4, 0.5) is 4.39 Å². The zero-order valence-corrected chi connectivity index (χ0v) is 11.1. The van der Waals surface area contributed by atoms with Crippen LogP contribution in [0.3, 0.4) is 0 Å². The summed E-state index contributed by atoms with van der Waals surface area (Å²) in [7, 11) is 0. The molecule has 1 rings (SSSR count). The largest absolute Gasteiger partial charge is 0.348 e. The van der Waals surface area contributed by atoms with Crippen molar-refractivity contribution in [3.05, 3.63) is 34.1 Å². The van der Waals surface area contributed by atoms with Gasteiger partial charge >= 0.3 is 0 Å². The van der Waals surface area contributed by atoms with Crippen LogP contribution >= 0.6 is 15.9 Å². The molecule has 0 radical (unpaired) electrons. The smallest absolute Gasteiger partial charge is 0.254 e. The molecule has 17 heavy (non-hydrogen) atoms. The van der Waals surface area contributed by atoms with E-state index in [1.807, 2.05) is 6.92 Å². The Kier molecular flexibility index (Phi) is 5.17. The number of amides is 1. The maximum atomic E-state index is 13.4. The van der Waals surface area contributed by atoms with Crippen LogP contribution in [-0.4, -0.2) is 11.9 Å². The van der Waals surface area contributed by atoms with E-state index in [0.717, 1.165) is 0 Å². The quantitative estimate of drug-likeness (QED) is 0.850. The average molecular weight is 298 g/mol. The van der Waals surface area contributed by atoms with Crippen LogP contribution in [-0.2, 0) is 0 Å². The van der Waals surface area contributed by atoms with E-state index >= 15 is 0 Å². The SMILES string of the molecule is C#CCC(CC)NC(=O)c1cc(Br)ccc1F. The summed E-state index contributed by atoms with van der Waals surface area (Å²) in [6.45, 7) is 1.92. The van der Waals surface area contributed by atoms with Crippen molar-refractivity contribution < 1.29 is 9.18 Å². The third-order valence-electron chi connectivity index (χ3n) is 2.37. The molecule has 1 N–H and O–H groups in total. The first-order chi connectivity index (χ1) is 8.08. The molecule has 1 aromatic carbocycles. The van der Waals surface area contributed by atoms with E-state index in [1.54, 1.807) is 6.07 Å². The Morgan fingerprint density at radius 3 is 2.94 bits per heavy atom. The molecule has 0 aliphatic heterocycles. The highest BCUT2D eigenvalue weighted by Gasteiger charge is 2.15. The third kappa shape index (κ3) is 3.86. The third-order valence-corrected chi connectivity index (χ3v) is 2.86. The Morgan fingerprint density at radius 2 is 2.35 bits per heavy atom. The number of carbonyl (C=O) groups is 1. The zero-order chi connectivity index (χ0) is 12.8. The van der Waals surface area contributed by atoms with Gasteiger partial charge in [0, 0.05) is 16.9 Å². The van der Waals surface area contributed by atoms with Gasteiger partial charge in [-0.2, -0.15) is 0 Å². The number of hydrogen-bond donors (Lipinski definition) is 1. The van der Waals surface area contributed by atoms with Gasteiger partial charge in [0.25, 0.3) is 5.91 Å². The van der Waals surface area contributed by atoms with Gasteiger partial charge in [0.05, 0.1) is 5.56 Å². The van der Waals surface area contributed by atoms with Crippen molar-refractivity contribution in [3.8, 4) is 12.3 Å². The van der Waals surface area contributed by atoms with Crippen molar-refractivity contribution in [2.45, 2.75) is 25.8 Å². The molecule has 0 fully saturated rings. The second-order valence-corrected chi connectivity index (χ2v) is 4.53. The minimum absolute atomic E-state index is 0.0230. The topological polar surface area (TPSA) is 29.1 Å². The fraction of sp³-hybridized carbons (Fsp3) is 0.308. The molecule has 0 aliphatic rings. The van der Waals surface area contributed by atoms with Crippen molar-refractivity contribution in [2.75, 3.05) is 0 Å². The predicted octanol–water partition coefficient (Wildman–Crippen LogP) is 3.12. The summed E-state index contributed by atoms with van der Waals surface area (Å²) < 4.78 is 14.1. The zero-order valence-electron chi connectivity index (χ0n) is 9.47. The number of halogens is 2. The Bertz CT molecular complexity index is 453. The van der Waals surface area contributed by atoms with E-state index in [2.05, 4.69) is 27.2 Å². The number of terminal acetylenes is 1. The summed E-state index contributed by atoms with van der Waals surface area (Å²) in [6, 6.07) is 4.13. The maximum Gasteiger partial charge on any atom is 0.254 e. The second kappa shape index (κ2) is 6.41. The molecule has 2 nitrogen and oxygen atoms in total. The van der Waals surface area contributed by atoms with Crippen molar-refractivity contribution in [1.82, 2.24) is 5.32 Å². The standard InChI is InChI=1S/C13H13BrFNO/c1-3-5-10(4-2)16-13(17)11-8-9(14)6-7-12(11)15/h1,6-8,10H,4-5H2,2H3,(H,16,17). The van der Waals surface area contributed by atoms with Gasteiger partial charge in [0.1, 0.15) is 5.82 Å². The van der Waals surface area contributed by atoms with E-state index in [0.29, 0.717) is 17.3 Å². The van der Waals surface area contributed by atoms with E-state index in [1.165, 1.54) is 12.1 Å². The summed E-state index contributed by atoms with van der Waals surface area (Å²) >= 11 is 3.20. The molecule has 0 saturated carbocycles. The number of nitrogens with one attached hydrogen (secondary N) is 1. The van der Waals surface area contributed by atoms with Gasteiger partial charge in [-0.1, -0.05) is 22.9 Å². The van der Waals surface area contributed by atoms with Crippen LogP contribution in [0.2, 0.25) is 0 Å². The molecular weight excluding hydrogens is 285 g/mol. The molecule has 1 amide bonds. The predicted molar refractivity (Wildman–Crippen MR) is 69.1 cm³/mol. The van der Waals surface area contributed by atoms with Gasteiger partial charge in [-0.25, -0.2) is 4.39 Å². The molecular formula is C13H13BrFNO. The average Bonchev–Trinajstić information content (AvgIpc) is 2.31. The number of benzene rings is 1. The van der Waals surface area contributed by atoms with Crippen molar-refractivity contribution in [3.63, 3.8) is 0 Å². The summed E-state index contributed by atoms with van der Waals surface area (Å²) in [5.74, 6) is 1.50. The Balaban J connectivity index is 2.82. The summed E-state index contributed by atoms with van der Waals surface area (Å²) in [4.78, 5) is 11.8. The summed E-state index contributed by atoms with van der Waals surface area (Å²) in [5, 5.41) is 2.71. The maximum absolute atomic E-state index is 13.4. The number of rotatable bonds is 4. The Morgan fingerprint density at radius 1 is 1.65 bits per heavy atom. The first kappa shape index (κ1) is 13.7. The van der Waals surface area contributed by atoms with Crippen LogP contribution < -0.4 is 5.32 Å². The van der Waals surface area contributed by atoms with Crippen molar-refractivity contribution >= 4 is 21.8 Å². The van der Waals surface area contributed by atoms with Gasteiger partial charge in [-0.15, -0.1) is 12.3 Å².